The van der Waals surface area contributed by atoms with E-state index < -0.39 is 0 Å². The average Bonchev–Trinajstić information content (AvgIpc) is 1.60. The molecular formula is C7H12OS. The number of thiol groups is 1. The molecule has 0 N–H and O–H groups in total. The highest BCUT2D eigenvalue weighted by Crippen LogP contribution is 2.30. The van der Waals surface area contributed by atoms with Crippen LogP contribution < -0.4 is 0 Å². The number of rotatable bonds is 0. The third kappa shape index (κ3) is 1.94. The number of hydrogen-bond donors (Lipinski definition) is 1. The van der Waals surface area contributed by atoms with Crippen LogP contribution in [0.1, 0.15) is 20.3 Å². The number of allylic oxidation sites excluding steroid dienone is 1. The van der Waals surface area contributed by atoms with Crippen LogP contribution in [0.15, 0.2) is 12.3 Å². The van der Waals surface area contributed by atoms with Crippen molar-refractivity contribution >= 4 is 12.6 Å². The molecule has 0 aromatic heterocycles. The van der Waals surface area contributed by atoms with Crippen LogP contribution in [0.3, 0.4) is 0 Å². The van der Waals surface area contributed by atoms with Gasteiger partial charge in [0.25, 0.3) is 0 Å². The highest BCUT2D eigenvalue weighted by molar-refractivity contribution is 7.80. The van der Waals surface area contributed by atoms with Gasteiger partial charge in [-0.15, -0.1) is 12.6 Å². The molecule has 0 spiro atoms. The van der Waals surface area contributed by atoms with E-state index in [4.69, 9.17) is 4.74 Å². The molecule has 2 heteroatoms. The topological polar surface area (TPSA) is 9.23 Å². The molecule has 1 aliphatic heterocycles. The summed E-state index contributed by atoms with van der Waals surface area (Å²) < 4.78 is 5.10. The van der Waals surface area contributed by atoms with Crippen molar-refractivity contribution in [3.8, 4) is 0 Å². The molecule has 1 atom stereocenters. The predicted octanol–water partition coefficient (Wildman–Crippen LogP) is 2.20. The van der Waals surface area contributed by atoms with E-state index in [1.807, 2.05) is 0 Å². The van der Waals surface area contributed by atoms with Crippen molar-refractivity contribution in [1.82, 2.24) is 0 Å². The van der Waals surface area contributed by atoms with Gasteiger partial charge in [0.1, 0.15) is 5.44 Å². The molecule has 1 aliphatic rings. The quantitative estimate of drug-likeness (QED) is 0.513. The zero-order valence-electron chi connectivity index (χ0n) is 5.79. The summed E-state index contributed by atoms with van der Waals surface area (Å²) in [6.45, 7) is 4.35. The van der Waals surface area contributed by atoms with Crippen molar-refractivity contribution in [1.29, 1.82) is 0 Å². The van der Waals surface area contributed by atoms with Gasteiger partial charge >= 0.3 is 0 Å². The molecule has 1 heterocycles. The summed E-state index contributed by atoms with van der Waals surface area (Å²) in [6.07, 6.45) is 4.80. The maximum atomic E-state index is 5.10. The minimum Gasteiger partial charge on any atom is -0.488 e. The minimum absolute atomic E-state index is 0.0880. The summed E-state index contributed by atoms with van der Waals surface area (Å²) in [5, 5.41) is 0. The smallest absolute Gasteiger partial charge is 0.141 e. The molecule has 0 bridgehead atoms. The standard InChI is InChI=1S/C7H12OS/c1-7(2)3-4-8-6(9)5-7/h3-4,6,9H,5H2,1-2H3. The second-order valence-electron chi connectivity index (χ2n) is 3.09. The Morgan fingerprint density at radius 1 is 1.67 bits per heavy atom. The Labute approximate surface area is 61.5 Å². The Balaban J connectivity index is 2.60. The highest BCUT2D eigenvalue weighted by Gasteiger charge is 2.22. The number of ether oxygens (including phenoxy) is 1. The van der Waals surface area contributed by atoms with E-state index in [1.165, 1.54) is 0 Å². The Morgan fingerprint density at radius 2 is 2.33 bits per heavy atom. The van der Waals surface area contributed by atoms with E-state index in [2.05, 4.69) is 32.6 Å². The Hall–Kier alpha value is -0.110. The molecule has 1 rings (SSSR count). The first-order valence-corrected chi connectivity index (χ1v) is 3.63. The van der Waals surface area contributed by atoms with Crippen molar-refractivity contribution < 1.29 is 4.74 Å². The summed E-state index contributed by atoms with van der Waals surface area (Å²) in [5.74, 6) is 0. The normalized spacial score (nSPS) is 31.7. The second-order valence-corrected chi connectivity index (χ2v) is 3.66. The van der Waals surface area contributed by atoms with Gasteiger partial charge in [-0.2, -0.15) is 0 Å². The zero-order chi connectivity index (χ0) is 6.91. The Bertz CT molecular complexity index is 129. The van der Waals surface area contributed by atoms with E-state index >= 15 is 0 Å². The second kappa shape index (κ2) is 2.25. The van der Waals surface area contributed by atoms with Gasteiger partial charge in [-0.1, -0.05) is 13.8 Å². The Kier molecular flexibility index (Phi) is 1.75. The zero-order valence-corrected chi connectivity index (χ0v) is 6.69. The molecule has 0 saturated heterocycles. The fourth-order valence-electron chi connectivity index (χ4n) is 0.880. The van der Waals surface area contributed by atoms with E-state index in [-0.39, 0.29) is 10.9 Å². The molecule has 0 fully saturated rings. The van der Waals surface area contributed by atoms with Crippen LogP contribution in [0.2, 0.25) is 0 Å². The molecular weight excluding hydrogens is 132 g/mol. The predicted molar refractivity (Wildman–Crippen MR) is 41.4 cm³/mol. The van der Waals surface area contributed by atoms with Crippen LogP contribution in [0.25, 0.3) is 0 Å². The third-order valence-electron chi connectivity index (χ3n) is 1.46. The number of hydrogen-bond acceptors (Lipinski definition) is 2. The SMILES string of the molecule is CC1(C)C=COC(S)C1. The van der Waals surface area contributed by atoms with Crippen molar-refractivity contribution in [2.75, 3.05) is 0 Å². The van der Waals surface area contributed by atoms with Crippen LogP contribution in [-0.4, -0.2) is 5.44 Å². The van der Waals surface area contributed by atoms with Crippen LogP contribution in [0.5, 0.6) is 0 Å². The van der Waals surface area contributed by atoms with E-state index in [9.17, 15) is 0 Å². The molecule has 1 nitrogen and oxygen atoms in total. The largest absolute Gasteiger partial charge is 0.488 e. The molecule has 9 heavy (non-hydrogen) atoms. The molecule has 0 radical (unpaired) electrons. The first kappa shape index (κ1) is 7.00. The van der Waals surface area contributed by atoms with Gasteiger partial charge in [0.2, 0.25) is 0 Å². The fourth-order valence-corrected chi connectivity index (χ4v) is 1.42. The third-order valence-corrected chi connectivity index (χ3v) is 1.76. The van der Waals surface area contributed by atoms with Crippen molar-refractivity contribution in [2.24, 2.45) is 5.41 Å². The summed E-state index contributed by atoms with van der Waals surface area (Å²) in [4.78, 5) is 0. The first-order chi connectivity index (χ1) is 4.10. The first-order valence-electron chi connectivity index (χ1n) is 3.11. The van der Waals surface area contributed by atoms with Crippen LogP contribution in [0, 0.1) is 5.41 Å². The van der Waals surface area contributed by atoms with E-state index in [0.29, 0.717) is 0 Å². The van der Waals surface area contributed by atoms with Gasteiger partial charge in [-0.05, 0) is 11.5 Å². The van der Waals surface area contributed by atoms with Gasteiger partial charge < -0.3 is 4.74 Å². The summed E-state index contributed by atoms with van der Waals surface area (Å²) in [6, 6.07) is 0. The highest BCUT2D eigenvalue weighted by atomic mass is 32.1. The molecule has 0 aromatic rings. The fraction of sp³-hybridized carbons (Fsp3) is 0.714. The maximum absolute atomic E-state index is 5.10. The molecule has 52 valence electrons. The monoisotopic (exact) mass is 144 g/mol. The van der Waals surface area contributed by atoms with Crippen LogP contribution in [0.4, 0.5) is 0 Å². The van der Waals surface area contributed by atoms with Crippen LogP contribution >= 0.6 is 12.6 Å². The molecule has 0 aliphatic carbocycles. The molecule has 0 aromatic carbocycles. The van der Waals surface area contributed by atoms with Gasteiger partial charge in [0.15, 0.2) is 0 Å². The van der Waals surface area contributed by atoms with Gasteiger partial charge in [0.05, 0.1) is 6.26 Å². The lowest BCUT2D eigenvalue weighted by molar-refractivity contribution is 0.153. The lowest BCUT2D eigenvalue weighted by atomic mass is 9.89. The lowest BCUT2D eigenvalue weighted by Crippen LogP contribution is -2.19. The summed E-state index contributed by atoms with van der Waals surface area (Å²) >= 11 is 4.20. The van der Waals surface area contributed by atoms with Crippen molar-refractivity contribution in [3.63, 3.8) is 0 Å². The van der Waals surface area contributed by atoms with Crippen molar-refractivity contribution in [3.05, 3.63) is 12.3 Å². The molecule has 0 saturated carbocycles. The maximum Gasteiger partial charge on any atom is 0.141 e. The average molecular weight is 144 g/mol. The van der Waals surface area contributed by atoms with E-state index in [1.54, 1.807) is 6.26 Å². The van der Waals surface area contributed by atoms with Crippen molar-refractivity contribution in [2.45, 2.75) is 25.7 Å². The van der Waals surface area contributed by atoms with Gasteiger partial charge in [-0.25, -0.2) is 0 Å². The minimum atomic E-state index is 0.0880. The molecule has 1 unspecified atom stereocenters. The van der Waals surface area contributed by atoms with E-state index in [0.717, 1.165) is 6.42 Å². The summed E-state index contributed by atoms with van der Waals surface area (Å²) in [5.41, 5.74) is 0.356. The van der Waals surface area contributed by atoms with Gasteiger partial charge in [-0.3, -0.25) is 0 Å². The molecule has 0 amide bonds. The lowest BCUT2D eigenvalue weighted by Gasteiger charge is -2.27. The van der Waals surface area contributed by atoms with Crippen LogP contribution in [-0.2, 0) is 4.74 Å². The van der Waals surface area contributed by atoms with Gasteiger partial charge in [0, 0.05) is 6.42 Å². The Morgan fingerprint density at radius 3 is 2.67 bits per heavy atom. The summed E-state index contributed by atoms with van der Waals surface area (Å²) in [7, 11) is 0.